The van der Waals surface area contributed by atoms with Crippen molar-refractivity contribution in [3.63, 3.8) is 0 Å². The molecule has 0 fully saturated rings. The van der Waals surface area contributed by atoms with Crippen molar-refractivity contribution < 1.29 is 23.2 Å². The first-order chi connectivity index (χ1) is 13.7. The van der Waals surface area contributed by atoms with Crippen LogP contribution in [0.3, 0.4) is 0 Å². The molecule has 0 amide bonds. The van der Waals surface area contributed by atoms with E-state index in [1.54, 1.807) is 6.07 Å². The number of aryl methyl sites for hydroxylation is 1. The van der Waals surface area contributed by atoms with Gasteiger partial charge in [-0.15, -0.1) is 0 Å². The lowest BCUT2D eigenvalue weighted by atomic mass is 9.88. The minimum Gasteiger partial charge on any atom is -0.476 e. The molecule has 0 spiro atoms. The van der Waals surface area contributed by atoms with Gasteiger partial charge in [0.15, 0.2) is 15.5 Å². The standard InChI is InChI=1S/C19H15N3O6S/c1-29(27,28)14-7-5-12(6-8-14)21-18-15(17(20-21)19(23)24)9-3-11-2-4-13(22(25)26)10-16(11)18/h2,4-8,10H,3,9H2,1H3,(H,23,24). The van der Waals surface area contributed by atoms with Crippen LogP contribution in [0, 0.1) is 10.1 Å². The van der Waals surface area contributed by atoms with Gasteiger partial charge in [0.1, 0.15) is 0 Å². The van der Waals surface area contributed by atoms with Crippen LogP contribution in [0.15, 0.2) is 47.4 Å². The van der Waals surface area contributed by atoms with Crippen molar-refractivity contribution in [1.29, 1.82) is 0 Å². The molecule has 0 saturated heterocycles. The highest BCUT2D eigenvalue weighted by atomic mass is 32.2. The SMILES string of the molecule is CS(=O)(=O)c1ccc(-n2nc(C(=O)O)c3c2-c2cc([N+](=O)[O-])ccc2CC3)cc1. The summed E-state index contributed by atoms with van der Waals surface area (Å²) in [5.74, 6) is -1.19. The predicted octanol–water partition coefficient (Wildman–Crippen LogP) is 2.65. The summed E-state index contributed by atoms with van der Waals surface area (Å²) in [5.41, 5.74) is 2.61. The second-order valence-electron chi connectivity index (χ2n) is 6.76. The Hall–Kier alpha value is -3.53. The Morgan fingerprint density at radius 3 is 2.45 bits per heavy atom. The molecule has 0 radical (unpaired) electrons. The van der Waals surface area contributed by atoms with Gasteiger partial charge < -0.3 is 5.11 Å². The van der Waals surface area contributed by atoms with E-state index in [4.69, 9.17) is 0 Å². The summed E-state index contributed by atoms with van der Waals surface area (Å²) >= 11 is 0. The highest BCUT2D eigenvalue weighted by molar-refractivity contribution is 7.90. The fraction of sp³-hybridized carbons (Fsp3) is 0.158. The smallest absolute Gasteiger partial charge is 0.356 e. The normalized spacial score (nSPS) is 12.9. The molecule has 148 valence electrons. The van der Waals surface area contributed by atoms with Gasteiger partial charge in [-0.2, -0.15) is 5.10 Å². The fourth-order valence-corrected chi connectivity index (χ4v) is 4.16. The number of aromatic carboxylic acids is 1. The summed E-state index contributed by atoms with van der Waals surface area (Å²) in [6.45, 7) is 0. The molecular weight excluding hydrogens is 398 g/mol. The number of benzene rings is 2. The summed E-state index contributed by atoms with van der Waals surface area (Å²) in [5, 5.41) is 25.0. The first-order valence-corrected chi connectivity index (χ1v) is 10.5. The van der Waals surface area contributed by atoms with E-state index < -0.39 is 20.7 Å². The molecule has 0 atom stereocenters. The van der Waals surface area contributed by atoms with Crippen LogP contribution >= 0.6 is 0 Å². The van der Waals surface area contributed by atoms with Crippen molar-refractivity contribution in [2.45, 2.75) is 17.7 Å². The summed E-state index contributed by atoms with van der Waals surface area (Å²) in [7, 11) is -3.39. The number of non-ortho nitro benzene ring substituents is 1. The van der Waals surface area contributed by atoms with Gasteiger partial charge in [0, 0.05) is 29.5 Å². The number of hydrogen-bond donors (Lipinski definition) is 1. The Balaban J connectivity index is 1.97. The van der Waals surface area contributed by atoms with Crippen molar-refractivity contribution in [2.24, 2.45) is 0 Å². The third-order valence-corrected chi connectivity index (χ3v) is 6.03. The number of hydrogen-bond acceptors (Lipinski definition) is 6. The summed E-state index contributed by atoms with van der Waals surface area (Å²) in [6, 6.07) is 10.4. The Morgan fingerprint density at radius 2 is 1.86 bits per heavy atom. The van der Waals surface area contributed by atoms with E-state index in [1.165, 1.54) is 41.1 Å². The molecule has 29 heavy (non-hydrogen) atoms. The first kappa shape index (κ1) is 18.8. The van der Waals surface area contributed by atoms with Crippen LogP contribution in [0.4, 0.5) is 5.69 Å². The highest BCUT2D eigenvalue weighted by Gasteiger charge is 2.30. The quantitative estimate of drug-likeness (QED) is 0.513. The molecule has 0 bridgehead atoms. The molecule has 0 unspecified atom stereocenters. The third kappa shape index (κ3) is 3.17. The minimum atomic E-state index is -3.39. The second kappa shape index (κ2) is 6.52. The number of carboxylic acids is 1. The number of nitro benzene ring substituents is 1. The molecule has 9 nitrogen and oxygen atoms in total. The maximum atomic E-state index is 11.7. The van der Waals surface area contributed by atoms with Gasteiger partial charge in [-0.05, 0) is 42.7 Å². The van der Waals surface area contributed by atoms with Crippen LogP contribution in [0.2, 0.25) is 0 Å². The molecular formula is C19H15N3O6S. The molecule has 0 saturated carbocycles. The Bertz CT molecular complexity index is 1280. The van der Waals surface area contributed by atoms with Gasteiger partial charge in [-0.25, -0.2) is 17.9 Å². The van der Waals surface area contributed by atoms with Crippen molar-refractivity contribution in [2.75, 3.05) is 6.26 Å². The van der Waals surface area contributed by atoms with Gasteiger partial charge in [-0.3, -0.25) is 10.1 Å². The number of fused-ring (bicyclic) bond motifs is 3. The number of rotatable bonds is 4. The topological polar surface area (TPSA) is 132 Å². The molecule has 10 heteroatoms. The van der Waals surface area contributed by atoms with Crippen molar-refractivity contribution in [3.8, 4) is 16.9 Å². The number of nitrogens with zero attached hydrogens (tertiary/aromatic N) is 3. The zero-order valence-corrected chi connectivity index (χ0v) is 16.0. The van der Waals surface area contributed by atoms with Crippen LogP contribution in [-0.4, -0.2) is 40.5 Å². The van der Waals surface area contributed by atoms with E-state index in [9.17, 15) is 28.4 Å². The van der Waals surface area contributed by atoms with Crippen molar-refractivity contribution >= 4 is 21.5 Å². The van der Waals surface area contributed by atoms with Gasteiger partial charge in [0.05, 0.1) is 21.2 Å². The fourth-order valence-electron chi connectivity index (χ4n) is 3.53. The Labute approximate surface area is 165 Å². The molecule has 1 aliphatic rings. The van der Waals surface area contributed by atoms with E-state index in [2.05, 4.69) is 5.10 Å². The number of carboxylic acid groups (broad SMARTS) is 1. The van der Waals surface area contributed by atoms with Gasteiger partial charge in [0.25, 0.3) is 5.69 Å². The number of sulfone groups is 1. The maximum Gasteiger partial charge on any atom is 0.356 e. The monoisotopic (exact) mass is 413 g/mol. The van der Waals surface area contributed by atoms with Crippen LogP contribution < -0.4 is 0 Å². The largest absolute Gasteiger partial charge is 0.476 e. The number of nitro groups is 1. The molecule has 0 aliphatic heterocycles. The lowest BCUT2D eigenvalue weighted by Crippen LogP contribution is -2.09. The number of aromatic nitrogens is 2. The lowest BCUT2D eigenvalue weighted by molar-refractivity contribution is -0.384. The van der Waals surface area contributed by atoms with E-state index in [-0.39, 0.29) is 16.3 Å². The zero-order valence-electron chi connectivity index (χ0n) is 15.2. The van der Waals surface area contributed by atoms with Crippen LogP contribution in [0.5, 0.6) is 0 Å². The average molecular weight is 413 g/mol. The van der Waals surface area contributed by atoms with Gasteiger partial charge in [0.2, 0.25) is 0 Å². The first-order valence-electron chi connectivity index (χ1n) is 8.60. The average Bonchev–Trinajstić information content (AvgIpc) is 3.07. The zero-order chi connectivity index (χ0) is 20.9. The molecule has 3 aromatic rings. The van der Waals surface area contributed by atoms with Crippen molar-refractivity contribution in [1.82, 2.24) is 9.78 Å². The summed E-state index contributed by atoms with van der Waals surface area (Å²) < 4.78 is 24.8. The van der Waals surface area contributed by atoms with Crippen LogP contribution in [0.25, 0.3) is 16.9 Å². The predicted molar refractivity (Wildman–Crippen MR) is 103 cm³/mol. The van der Waals surface area contributed by atoms with E-state index in [0.717, 1.165) is 11.8 Å². The van der Waals surface area contributed by atoms with Gasteiger partial charge in [-0.1, -0.05) is 6.07 Å². The third-order valence-electron chi connectivity index (χ3n) is 4.90. The number of carbonyl (C=O) groups is 1. The highest BCUT2D eigenvalue weighted by Crippen LogP contribution is 2.38. The Morgan fingerprint density at radius 1 is 1.17 bits per heavy atom. The molecule has 1 N–H and O–H groups in total. The van der Waals surface area contributed by atoms with E-state index >= 15 is 0 Å². The second-order valence-corrected chi connectivity index (χ2v) is 8.77. The van der Waals surface area contributed by atoms with Gasteiger partial charge >= 0.3 is 5.97 Å². The summed E-state index contributed by atoms with van der Waals surface area (Å²) in [6.07, 6.45) is 2.07. The summed E-state index contributed by atoms with van der Waals surface area (Å²) in [4.78, 5) is 22.6. The van der Waals surface area contributed by atoms with Crippen molar-refractivity contribution in [3.05, 3.63) is 69.4 Å². The molecule has 1 aliphatic carbocycles. The molecule has 4 rings (SSSR count). The molecule has 2 aromatic carbocycles. The van der Waals surface area contributed by atoms with E-state index in [0.29, 0.717) is 35.3 Å². The van der Waals surface area contributed by atoms with E-state index in [1.807, 2.05) is 0 Å². The Kier molecular flexibility index (Phi) is 4.23. The minimum absolute atomic E-state index is 0.103. The lowest BCUT2D eigenvalue weighted by Gasteiger charge is -2.18. The molecule has 1 aromatic heterocycles. The van der Waals surface area contributed by atoms with Crippen LogP contribution in [-0.2, 0) is 22.7 Å². The molecule has 1 heterocycles. The van der Waals surface area contributed by atoms with Crippen LogP contribution in [0.1, 0.15) is 21.6 Å². The maximum absolute atomic E-state index is 11.7.